The van der Waals surface area contributed by atoms with Gasteiger partial charge in [0, 0.05) is 5.56 Å². The number of rotatable bonds is 5. The topological polar surface area (TPSA) is 35.2 Å². The fourth-order valence-corrected chi connectivity index (χ4v) is 2.53. The highest BCUT2D eigenvalue weighted by molar-refractivity contribution is 5.49. The number of ether oxygens (including phenoxy) is 1. The average molecular weight is 263 g/mol. The van der Waals surface area contributed by atoms with Crippen molar-refractivity contribution in [3.05, 3.63) is 28.8 Å². The summed E-state index contributed by atoms with van der Waals surface area (Å²) in [5.74, 6) is 1.54. The van der Waals surface area contributed by atoms with Gasteiger partial charge in [-0.3, -0.25) is 0 Å². The minimum absolute atomic E-state index is 0.0969. The molecule has 1 rings (SSSR count). The minimum atomic E-state index is 0.0969. The second kappa shape index (κ2) is 6.42. The zero-order chi connectivity index (χ0) is 14.6. The van der Waals surface area contributed by atoms with Gasteiger partial charge in [-0.25, -0.2) is 0 Å². The van der Waals surface area contributed by atoms with Gasteiger partial charge in [0.05, 0.1) is 7.11 Å². The summed E-state index contributed by atoms with van der Waals surface area (Å²) in [5.41, 5.74) is 9.64. The monoisotopic (exact) mass is 263 g/mol. The lowest BCUT2D eigenvalue weighted by Crippen LogP contribution is -2.15. The van der Waals surface area contributed by atoms with Crippen molar-refractivity contribution < 1.29 is 4.74 Å². The number of hydrogen-bond donors (Lipinski definition) is 1. The molecule has 0 aliphatic carbocycles. The number of benzene rings is 1. The van der Waals surface area contributed by atoms with E-state index in [0.717, 1.165) is 25.1 Å². The van der Waals surface area contributed by atoms with E-state index in [4.69, 9.17) is 10.5 Å². The quantitative estimate of drug-likeness (QED) is 0.866. The summed E-state index contributed by atoms with van der Waals surface area (Å²) in [7, 11) is 1.78. The first-order valence-corrected chi connectivity index (χ1v) is 7.20. The normalized spacial score (nSPS) is 13.4. The van der Waals surface area contributed by atoms with Gasteiger partial charge in [0.1, 0.15) is 5.75 Å². The van der Waals surface area contributed by atoms with Gasteiger partial charge in [-0.15, -0.1) is 0 Å². The van der Waals surface area contributed by atoms with E-state index in [1.807, 2.05) is 0 Å². The molecule has 0 aliphatic heterocycles. The molecule has 0 saturated heterocycles. The summed E-state index contributed by atoms with van der Waals surface area (Å²) in [5, 5.41) is 0. The smallest absolute Gasteiger partial charge is 0.126 e. The standard InChI is InChI=1S/C17H29NO/c1-12-10-14(13(2)8-7-9-18)16(19-6)15(11-12)17(3,4)5/h10-11,13H,7-9,18H2,1-6H3. The average Bonchev–Trinajstić information content (AvgIpc) is 2.33. The molecule has 0 fully saturated rings. The van der Waals surface area contributed by atoms with Crippen LogP contribution in [0.1, 0.15) is 63.1 Å². The van der Waals surface area contributed by atoms with Crippen LogP contribution in [0.5, 0.6) is 5.75 Å². The Kier molecular flexibility index (Phi) is 5.42. The van der Waals surface area contributed by atoms with Crippen LogP contribution in [0.3, 0.4) is 0 Å². The number of methoxy groups -OCH3 is 1. The molecule has 0 heterocycles. The van der Waals surface area contributed by atoms with Crippen LogP contribution in [0, 0.1) is 6.92 Å². The summed E-state index contributed by atoms with van der Waals surface area (Å²) in [6.07, 6.45) is 2.17. The van der Waals surface area contributed by atoms with Crippen molar-refractivity contribution in [3.63, 3.8) is 0 Å². The Labute approximate surface area is 118 Å². The van der Waals surface area contributed by atoms with E-state index in [0.29, 0.717) is 5.92 Å². The second-order valence-corrected chi connectivity index (χ2v) is 6.52. The summed E-state index contributed by atoms with van der Waals surface area (Å²) in [6, 6.07) is 4.51. The van der Waals surface area contributed by atoms with Crippen LogP contribution in [0.15, 0.2) is 12.1 Å². The molecule has 0 radical (unpaired) electrons. The number of aryl methyl sites for hydroxylation is 1. The van der Waals surface area contributed by atoms with Crippen molar-refractivity contribution in [1.29, 1.82) is 0 Å². The van der Waals surface area contributed by atoms with Crippen molar-refractivity contribution in [1.82, 2.24) is 0 Å². The van der Waals surface area contributed by atoms with E-state index in [9.17, 15) is 0 Å². The lowest BCUT2D eigenvalue weighted by Gasteiger charge is -2.26. The molecule has 0 bridgehead atoms. The van der Waals surface area contributed by atoms with E-state index in [2.05, 4.69) is 46.8 Å². The van der Waals surface area contributed by atoms with Crippen molar-refractivity contribution >= 4 is 0 Å². The lowest BCUT2D eigenvalue weighted by atomic mass is 9.81. The van der Waals surface area contributed by atoms with Gasteiger partial charge >= 0.3 is 0 Å². The van der Waals surface area contributed by atoms with E-state index in [1.165, 1.54) is 16.7 Å². The fourth-order valence-electron chi connectivity index (χ4n) is 2.53. The van der Waals surface area contributed by atoms with Gasteiger partial charge in [-0.05, 0) is 43.2 Å². The van der Waals surface area contributed by atoms with E-state index >= 15 is 0 Å². The lowest BCUT2D eigenvalue weighted by molar-refractivity contribution is 0.388. The van der Waals surface area contributed by atoms with E-state index < -0.39 is 0 Å². The molecular formula is C17H29NO. The van der Waals surface area contributed by atoms with Gasteiger partial charge in [0.25, 0.3) is 0 Å². The van der Waals surface area contributed by atoms with Crippen LogP contribution < -0.4 is 10.5 Å². The Bertz CT molecular complexity index is 418. The molecule has 1 aromatic rings. The maximum absolute atomic E-state index is 5.73. The molecule has 0 aliphatic rings. The van der Waals surface area contributed by atoms with Gasteiger partial charge in [-0.2, -0.15) is 0 Å². The molecule has 2 heteroatoms. The maximum atomic E-state index is 5.73. The first-order chi connectivity index (χ1) is 8.81. The largest absolute Gasteiger partial charge is 0.496 e. The van der Waals surface area contributed by atoms with Crippen LogP contribution in [0.4, 0.5) is 0 Å². The van der Waals surface area contributed by atoms with Crippen LogP contribution in [0.2, 0.25) is 0 Å². The molecule has 1 aromatic carbocycles. The van der Waals surface area contributed by atoms with Crippen LogP contribution in [-0.4, -0.2) is 13.7 Å². The highest BCUT2D eigenvalue weighted by atomic mass is 16.5. The summed E-state index contributed by atoms with van der Waals surface area (Å²) < 4.78 is 5.73. The third-order valence-corrected chi connectivity index (χ3v) is 3.65. The third-order valence-electron chi connectivity index (χ3n) is 3.65. The molecule has 2 N–H and O–H groups in total. The Hall–Kier alpha value is -1.02. The SMILES string of the molecule is COc1c(C(C)CCCN)cc(C)cc1C(C)(C)C. The van der Waals surface area contributed by atoms with Gasteiger partial charge < -0.3 is 10.5 Å². The molecule has 0 spiro atoms. The Balaban J connectivity index is 3.27. The molecule has 19 heavy (non-hydrogen) atoms. The molecule has 1 atom stereocenters. The summed E-state index contributed by atoms with van der Waals surface area (Å²) >= 11 is 0. The summed E-state index contributed by atoms with van der Waals surface area (Å²) in [6.45, 7) is 11.9. The zero-order valence-electron chi connectivity index (χ0n) is 13.3. The maximum Gasteiger partial charge on any atom is 0.126 e. The van der Waals surface area contributed by atoms with Crippen LogP contribution >= 0.6 is 0 Å². The van der Waals surface area contributed by atoms with Gasteiger partial charge in [0.2, 0.25) is 0 Å². The van der Waals surface area contributed by atoms with Gasteiger partial charge in [-0.1, -0.05) is 45.4 Å². The summed E-state index contributed by atoms with van der Waals surface area (Å²) in [4.78, 5) is 0. The van der Waals surface area contributed by atoms with Crippen molar-refractivity contribution in [2.45, 2.75) is 58.8 Å². The van der Waals surface area contributed by atoms with Crippen LogP contribution in [0.25, 0.3) is 0 Å². The molecular weight excluding hydrogens is 234 g/mol. The Morgan fingerprint density at radius 1 is 1.26 bits per heavy atom. The van der Waals surface area contributed by atoms with E-state index in [1.54, 1.807) is 7.11 Å². The van der Waals surface area contributed by atoms with Crippen molar-refractivity contribution in [3.8, 4) is 5.75 Å². The third kappa shape index (κ3) is 3.97. The minimum Gasteiger partial charge on any atom is -0.496 e. The van der Waals surface area contributed by atoms with Crippen molar-refractivity contribution in [2.24, 2.45) is 5.73 Å². The highest BCUT2D eigenvalue weighted by Crippen LogP contribution is 2.39. The molecule has 1 unspecified atom stereocenters. The fraction of sp³-hybridized carbons (Fsp3) is 0.647. The van der Waals surface area contributed by atoms with Gasteiger partial charge in [0.15, 0.2) is 0 Å². The second-order valence-electron chi connectivity index (χ2n) is 6.52. The van der Waals surface area contributed by atoms with E-state index in [-0.39, 0.29) is 5.41 Å². The highest BCUT2D eigenvalue weighted by Gasteiger charge is 2.23. The zero-order valence-corrected chi connectivity index (χ0v) is 13.3. The Morgan fingerprint density at radius 3 is 2.37 bits per heavy atom. The van der Waals surface area contributed by atoms with Crippen molar-refractivity contribution in [2.75, 3.05) is 13.7 Å². The molecule has 2 nitrogen and oxygen atoms in total. The predicted octanol–water partition coefficient (Wildman–Crippen LogP) is 4.14. The first kappa shape index (κ1) is 16.0. The predicted molar refractivity (Wildman–Crippen MR) is 83.1 cm³/mol. The number of nitrogens with two attached hydrogens (primary N) is 1. The van der Waals surface area contributed by atoms with Crippen LogP contribution in [-0.2, 0) is 5.41 Å². The number of hydrogen-bond acceptors (Lipinski definition) is 2. The Morgan fingerprint density at radius 2 is 1.89 bits per heavy atom. The molecule has 108 valence electrons. The first-order valence-electron chi connectivity index (χ1n) is 7.20. The molecule has 0 aromatic heterocycles. The molecule has 0 amide bonds. The molecule has 0 saturated carbocycles.